The van der Waals surface area contributed by atoms with Crippen LogP contribution < -0.4 is 5.32 Å². The predicted molar refractivity (Wildman–Crippen MR) is 75.5 cm³/mol. The van der Waals surface area contributed by atoms with Gasteiger partial charge in [-0.15, -0.1) is 0 Å². The summed E-state index contributed by atoms with van der Waals surface area (Å²) in [5.41, 5.74) is 1.17. The van der Waals surface area contributed by atoms with Gasteiger partial charge >= 0.3 is 0 Å². The standard InChI is InChI=1S/C14H23NOS/c1-3-15-13(2)8-7-11-17(16)12-14-9-5-4-6-10-14/h4-6,9-10,13,15H,3,7-8,11-12H2,1-2H3. The van der Waals surface area contributed by atoms with E-state index in [1.54, 1.807) is 0 Å². The zero-order chi connectivity index (χ0) is 12.5. The molecule has 0 saturated carbocycles. The highest BCUT2D eigenvalue weighted by Gasteiger charge is 2.04. The molecule has 3 heteroatoms. The Hall–Kier alpha value is -0.670. The number of hydrogen-bond acceptors (Lipinski definition) is 2. The molecule has 0 bridgehead atoms. The zero-order valence-electron chi connectivity index (χ0n) is 10.8. The quantitative estimate of drug-likeness (QED) is 0.772. The summed E-state index contributed by atoms with van der Waals surface area (Å²) in [5, 5.41) is 3.37. The summed E-state index contributed by atoms with van der Waals surface area (Å²) < 4.78 is 11.8. The highest BCUT2D eigenvalue weighted by molar-refractivity contribution is 7.84. The fourth-order valence-electron chi connectivity index (χ4n) is 1.83. The molecule has 0 heterocycles. The van der Waals surface area contributed by atoms with Crippen molar-refractivity contribution in [1.82, 2.24) is 5.32 Å². The van der Waals surface area contributed by atoms with E-state index in [4.69, 9.17) is 0 Å². The van der Waals surface area contributed by atoms with Gasteiger partial charge in [0.05, 0.1) is 0 Å². The first kappa shape index (κ1) is 14.4. The second-order valence-corrected chi connectivity index (χ2v) is 5.95. The van der Waals surface area contributed by atoms with Crippen LogP contribution in [0.5, 0.6) is 0 Å². The van der Waals surface area contributed by atoms with Crippen molar-refractivity contribution in [2.24, 2.45) is 0 Å². The SMILES string of the molecule is CCNC(C)CCCS(=O)Cc1ccccc1. The minimum atomic E-state index is -0.719. The second-order valence-electron chi connectivity index (χ2n) is 4.37. The first-order chi connectivity index (χ1) is 8.22. The minimum absolute atomic E-state index is 0.536. The molecule has 1 aromatic rings. The van der Waals surface area contributed by atoms with Crippen LogP contribution >= 0.6 is 0 Å². The van der Waals surface area contributed by atoms with Crippen LogP contribution in [0.3, 0.4) is 0 Å². The van der Waals surface area contributed by atoms with E-state index < -0.39 is 10.8 Å². The zero-order valence-corrected chi connectivity index (χ0v) is 11.6. The van der Waals surface area contributed by atoms with Gasteiger partial charge in [-0.2, -0.15) is 0 Å². The first-order valence-corrected chi connectivity index (χ1v) is 7.83. The highest BCUT2D eigenvalue weighted by Crippen LogP contribution is 2.05. The van der Waals surface area contributed by atoms with Crippen molar-refractivity contribution < 1.29 is 4.21 Å². The van der Waals surface area contributed by atoms with Gasteiger partial charge in [0.1, 0.15) is 0 Å². The lowest BCUT2D eigenvalue weighted by molar-refractivity contribution is 0.525. The van der Waals surface area contributed by atoms with Crippen LogP contribution in [-0.4, -0.2) is 22.5 Å². The summed E-state index contributed by atoms with van der Waals surface area (Å²) in [5.74, 6) is 1.50. The van der Waals surface area contributed by atoms with Gasteiger partial charge in [-0.3, -0.25) is 4.21 Å². The molecular formula is C14H23NOS. The smallest absolute Gasteiger partial charge is 0.0485 e. The largest absolute Gasteiger partial charge is 0.315 e. The molecule has 0 spiro atoms. The van der Waals surface area contributed by atoms with E-state index in [1.165, 1.54) is 5.56 Å². The van der Waals surface area contributed by atoms with Crippen LogP contribution in [0.15, 0.2) is 30.3 Å². The molecule has 0 aliphatic rings. The summed E-state index contributed by atoms with van der Waals surface area (Å²) in [4.78, 5) is 0. The van der Waals surface area contributed by atoms with E-state index in [0.717, 1.165) is 25.1 Å². The molecule has 0 aliphatic heterocycles. The van der Waals surface area contributed by atoms with Gasteiger partial charge in [0.25, 0.3) is 0 Å². The third kappa shape index (κ3) is 6.59. The van der Waals surface area contributed by atoms with Crippen molar-refractivity contribution in [3.8, 4) is 0 Å². The van der Waals surface area contributed by atoms with Crippen LogP contribution in [0.4, 0.5) is 0 Å². The molecule has 0 fully saturated rings. The van der Waals surface area contributed by atoms with E-state index in [0.29, 0.717) is 11.8 Å². The van der Waals surface area contributed by atoms with Crippen molar-refractivity contribution >= 4 is 10.8 Å². The Bertz CT molecular complexity index is 326. The monoisotopic (exact) mass is 253 g/mol. The lowest BCUT2D eigenvalue weighted by Gasteiger charge is -2.11. The maximum atomic E-state index is 11.8. The molecule has 0 aliphatic carbocycles. The average molecular weight is 253 g/mol. The molecule has 0 aromatic heterocycles. The third-order valence-corrected chi connectivity index (χ3v) is 4.13. The van der Waals surface area contributed by atoms with E-state index >= 15 is 0 Å². The van der Waals surface area contributed by atoms with E-state index in [9.17, 15) is 4.21 Å². The van der Waals surface area contributed by atoms with E-state index in [-0.39, 0.29) is 0 Å². The molecule has 2 nitrogen and oxygen atoms in total. The summed E-state index contributed by atoms with van der Waals surface area (Å²) in [6.07, 6.45) is 2.14. The number of nitrogens with one attached hydrogen (secondary N) is 1. The maximum absolute atomic E-state index is 11.8. The van der Waals surface area contributed by atoms with Crippen molar-refractivity contribution in [3.63, 3.8) is 0 Å². The molecule has 0 saturated heterocycles. The van der Waals surface area contributed by atoms with Crippen LogP contribution in [0.25, 0.3) is 0 Å². The minimum Gasteiger partial charge on any atom is -0.315 e. The molecule has 17 heavy (non-hydrogen) atoms. The molecule has 1 aromatic carbocycles. The first-order valence-electron chi connectivity index (χ1n) is 6.34. The Morgan fingerprint density at radius 1 is 1.29 bits per heavy atom. The molecule has 96 valence electrons. The molecular weight excluding hydrogens is 230 g/mol. The molecule has 0 radical (unpaired) electrons. The predicted octanol–water partition coefficient (Wildman–Crippen LogP) is 2.71. The fraction of sp³-hybridized carbons (Fsp3) is 0.571. The maximum Gasteiger partial charge on any atom is 0.0485 e. The summed E-state index contributed by atoms with van der Waals surface area (Å²) in [7, 11) is -0.719. The molecule has 0 amide bonds. The van der Waals surface area contributed by atoms with Gasteiger partial charge in [0.2, 0.25) is 0 Å². The molecule has 2 unspecified atom stereocenters. The Labute approximate surface area is 107 Å². The average Bonchev–Trinajstić information content (AvgIpc) is 2.30. The number of benzene rings is 1. The van der Waals surface area contributed by atoms with Crippen LogP contribution in [0.1, 0.15) is 32.3 Å². The van der Waals surface area contributed by atoms with Gasteiger partial charge in [-0.25, -0.2) is 0 Å². The summed E-state index contributed by atoms with van der Waals surface area (Å²) >= 11 is 0. The van der Waals surface area contributed by atoms with Crippen molar-refractivity contribution in [2.75, 3.05) is 12.3 Å². The normalized spacial score (nSPS) is 14.5. The Morgan fingerprint density at radius 3 is 2.65 bits per heavy atom. The topological polar surface area (TPSA) is 29.1 Å². The molecule has 1 rings (SSSR count). The van der Waals surface area contributed by atoms with Crippen LogP contribution in [0.2, 0.25) is 0 Å². The van der Waals surface area contributed by atoms with Crippen LogP contribution in [0, 0.1) is 0 Å². The van der Waals surface area contributed by atoms with Crippen molar-refractivity contribution in [2.45, 2.75) is 38.5 Å². The molecule has 1 N–H and O–H groups in total. The lowest BCUT2D eigenvalue weighted by Crippen LogP contribution is -2.25. The number of rotatable bonds is 8. The highest BCUT2D eigenvalue weighted by atomic mass is 32.2. The van der Waals surface area contributed by atoms with Gasteiger partial charge in [0, 0.05) is 28.3 Å². The third-order valence-electron chi connectivity index (χ3n) is 2.73. The van der Waals surface area contributed by atoms with Crippen molar-refractivity contribution in [1.29, 1.82) is 0 Å². The Morgan fingerprint density at radius 2 is 2.00 bits per heavy atom. The van der Waals surface area contributed by atoms with Crippen LogP contribution in [-0.2, 0) is 16.6 Å². The number of hydrogen-bond donors (Lipinski definition) is 1. The summed E-state index contributed by atoms with van der Waals surface area (Å²) in [6, 6.07) is 10.6. The summed E-state index contributed by atoms with van der Waals surface area (Å²) in [6.45, 7) is 5.31. The van der Waals surface area contributed by atoms with E-state index in [2.05, 4.69) is 19.2 Å². The Kier molecular flexibility index (Phi) is 7.13. The van der Waals surface area contributed by atoms with E-state index in [1.807, 2.05) is 30.3 Å². The van der Waals surface area contributed by atoms with Gasteiger partial charge in [-0.05, 0) is 31.9 Å². The van der Waals surface area contributed by atoms with Crippen molar-refractivity contribution in [3.05, 3.63) is 35.9 Å². The Balaban J connectivity index is 2.18. The van der Waals surface area contributed by atoms with Gasteiger partial charge in [-0.1, -0.05) is 37.3 Å². The molecule has 2 atom stereocenters. The van der Waals surface area contributed by atoms with Gasteiger partial charge in [0.15, 0.2) is 0 Å². The van der Waals surface area contributed by atoms with Gasteiger partial charge < -0.3 is 5.32 Å². The lowest BCUT2D eigenvalue weighted by atomic mass is 10.2. The fourth-order valence-corrected chi connectivity index (χ4v) is 3.03. The second kappa shape index (κ2) is 8.43.